The summed E-state index contributed by atoms with van der Waals surface area (Å²) in [6.45, 7) is 9.90. The van der Waals surface area contributed by atoms with E-state index in [1.165, 1.54) is 64.5 Å². The minimum atomic E-state index is 0.913. The Hall–Kier alpha value is -0.120. The largest absolute Gasteiger partial charge is 0.380 e. The highest BCUT2D eigenvalue weighted by molar-refractivity contribution is 4.66. The molecule has 0 saturated carbocycles. The number of piperazine rings is 1. The summed E-state index contributed by atoms with van der Waals surface area (Å²) >= 11 is 0. The molecule has 0 aromatic rings. The summed E-state index contributed by atoms with van der Waals surface area (Å²) < 4.78 is 5.72. The molecule has 0 aliphatic carbocycles. The second kappa shape index (κ2) is 12.9. The molecular weight excluding hydrogens is 236 g/mol. The number of hydrogen-bond donors (Lipinski definition) is 1. The van der Waals surface area contributed by atoms with Crippen molar-refractivity contribution in [2.24, 2.45) is 0 Å². The van der Waals surface area contributed by atoms with Gasteiger partial charge in [0.1, 0.15) is 0 Å². The van der Waals surface area contributed by atoms with Crippen molar-refractivity contribution in [3.8, 4) is 0 Å². The first-order valence-corrected chi connectivity index (χ1v) is 8.44. The van der Waals surface area contributed by atoms with Crippen molar-refractivity contribution in [1.29, 1.82) is 0 Å². The molecule has 19 heavy (non-hydrogen) atoms. The predicted octanol–water partition coefficient (Wildman–Crippen LogP) is 3.05. The van der Waals surface area contributed by atoms with Gasteiger partial charge in [0, 0.05) is 39.3 Å². The van der Waals surface area contributed by atoms with Gasteiger partial charge in [-0.2, -0.15) is 0 Å². The van der Waals surface area contributed by atoms with Gasteiger partial charge in [-0.3, -0.25) is 4.90 Å². The lowest BCUT2D eigenvalue weighted by atomic mass is 10.1. The van der Waals surface area contributed by atoms with Crippen LogP contribution in [0.15, 0.2) is 0 Å². The second-order valence-corrected chi connectivity index (χ2v) is 5.68. The molecule has 0 aromatic heterocycles. The van der Waals surface area contributed by atoms with Crippen LogP contribution < -0.4 is 5.32 Å². The lowest BCUT2D eigenvalue weighted by Gasteiger charge is -2.26. The molecule has 0 aromatic carbocycles. The average molecular weight is 270 g/mol. The Bertz CT molecular complexity index is 182. The molecule has 0 spiro atoms. The van der Waals surface area contributed by atoms with Crippen LogP contribution in [-0.4, -0.2) is 50.8 Å². The fourth-order valence-electron chi connectivity index (χ4n) is 2.57. The first-order valence-electron chi connectivity index (χ1n) is 8.44. The van der Waals surface area contributed by atoms with Crippen LogP contribution in [0.2, 0.25) is 0 Å². The topological polar surface area (TPSA) is 24.5 Å². The highest BCUT2D eigenvalue weighted by atomic mass is 16.5. The summed E-state index contributed by atoms with van der Waals surface area (Å²) in [7, 11) is 0. The first-order chi connectivity index (χ1) is 9.43. The number of nitrogens with zero attached hydrogens (tertiary/aromatic N) is 1. The monoisotopic (exact) mass is 270 g/mol. The summed E-state index contributed by atoms with van der Waals surface area (Å²) in [4.78, 5) is 2.49. The van der Waals surface area contributed by atoms with Crippen LogP contribution in [-0.2, 0) is 4.74 Å². The van der Waals surface area contributed by atoms with Gasteiger partial charge in [-0.1, -0.05) is 51.9 Å². The van der Waals surface area contributed by atoms with Crippen molar-refractivity contribution in [2.45, 2.75) is 58.3 Å². The fourth-order valence-corrected chi connectivity index (χ4v) is 2.57. The Morgan fingerprint density at radius 1 is 0.842 bits per heavy atom. The standard InChI is InChI=1S/C16H34N2O/c1-2-3-4-5-6-7-8-9-15-19-16-14-18-12-10-17-11-13-18/h17H,2-16H2,1H3. The van der Waals surface area contributed by atoms with Crippen LogP contribution in [0.25, 0.3) is 0 Å². The lowest BCUT2D eigenvalue weighted by Crippen LogP contribution is -2.44. The first kappa shape index (κ1) is 16.9. The van der Waals surface area contributed by atoms with E-state index in [2.05, 4.69) is 17.1 Å². The van der Waals surface area contributed by atoms with Crippen LogP contribution in [0.5, 0.6) is 0 Å². The van der Waals surface area contributed by atoms with Crippen LogP contribution in [0.1, 0.15) is 58.3 Å². The summed E-state index contributed by atoms with van der Waals surface area (Å²) in [6, 6.07) is 0. The third-order valence-corrected chi connectivity index (χ3v) is 3.90. The van der Waals surface area contributed by atoms with E-state index < -0.39 is 0 Å². The third-order valence-electron chi connectivity index (χ3n) is 3.90. The minimum absolute atomic E-state index is 0.913. The molecule has 0 atom stereocenters. The van der Waals surface area contributed by atoms with E-state index in [4.69, 9.17) is 4.74 Å². The van der Waals surface area contributed by atoms with Crippen molar-refractivity contribution >= 4 is 0 Å². The second-order valence-electron chi connectivity index (χ2n) is 5.68. The van der Waals surface area contributed by atoms with E-state index in [-0.39, 0.29) is 0 Å². The molecule has 1 aliphatic heterocycles. The molecule has 0 radical (unpaired) electrons. The van der Waals surface area contributed by atoms with Crippen molar-refractivity contribution in [1.82, 2.24) is 10.2 Å². The van der Waals surface area contributed by atoms with Gasteiger partial charge in [0.25, 0.3) is 0 Å². The van der Waals surface area contributed by atoms with Crippen LogP contribution in [0.4, 0.5) is 0 Å². The molecule has 3 nitrogen and oxygen atoms in total. The summed E-state index contributed by atoms with van der Waals surface area (Å²) in [6.07, 6.45) is 11.0. The van der Waals surface area contributed by atoms with Crippen molar-refractivity contribution in [3.63, 3.8) is 0 Å². The summed E-state index contributed by atoms with van der Waals surface area (Å²) in [5.41, 5.74) is 0. The zero-order valence-electron chi connectivity index (χ0n) is 13.0. The van der Waals surface area contributed by atoms with Gasteiger partial charge in [-0.15, -0.1) is 0 Å². The van der Waals surface area contributed by atoms with Crippen molar-refractivity contribution < 1.29 is 4.74 Å². The van der Waals surface area contributed by atoms with Gasteiger partial charge in [0.2, 0.25) is 0 Å². The van der Waals surface area contributed by atoms with Crippen LogP contribution in [0.3, 0.4) is 0 Å². The molecule has 0 amide bonds. The van der Waals surface area contributed by atoms with Crippen LogP contribution >= 0.6 is 0 Å². The Morgan fingerprint density at radius 2 is 1.47 bits per heavy atom. The van der Waals surface area contributed by atoms with Gasteiger partial charge < -0.3 is 10.1 Å². The Labute approximate surface area is 120 Å². The molecule has 114 valence electrons. The minimum Gasteiger partial charge on any atom is -0.380 e. The van der Waals surface area contributed by atoms with E-state index in [9.17, 15) is 0 Å². The lowest BCUT2D eigenvalue weighted by molar-refractivity contribution is 0.0962. The maximum Gasteiger partial charge on any atom is 0.0593 e. The Balaban J connectivity index is 1.71. The van der Waals surface area contributed by atoms with E-state index >= 15 is 0 Å². The molecule has 0 unspecified atom stereocenters. The maximum absolute atomic E-state index is 5.72. The Morgan fingerprint density at radius 3 is 2.16 bits per heavy atom. The average Bonchev–Trinajstić information content (AvgIpc) is 2.46. The van der Waals surface area contributed by atoms with Crippen molar-refractivity contribution in [2.75, 3.05) is 45.9 Å². The zero-order chi connectivity index (χ0) is 13.6. The maximum atomic E-state index is 5.72. The van der Waals surface area contributed by atoms with Gasteiger partial charge in [0.05, 0.1) is 6.61 Å². The van der Waals surface area contributed by atoms with Gasteiger partial charge >= 0.3 is 0 Å². The molecular formula is C16H34N2O. The molecule has 1 aliphatic rings. The van der Waals surface area contributed by atoms with Gasteiger partial charge in [-0.25, -0.2) is 0 Å². The summed E-state index contributed by atoms with van der Waals surface area (Å²) in [5, 5.41) is 3.38. The van der Waals surface area contributed by atoms with Gasteiger partial charge in [0.15, 0.2) is 0 Å². The highest BCUT2D eigenvalue weighted by Crippen LogP contribution is 2.08. The molecule has 3 heteroatoms. The zero-order valence-corrected chi connectivity index (χ0v) is 13.0. The predicted molar refractivity (Wildman–Crippen MR) is 82.7 cm³/mol. The smallest absolute Gasteiger partial charge is 0.0593 e. The van der Waals surface area contributed by atoms with Crippen molar-refractivity contribution in [3.05, 3.63) is 0 Å². The molecule has 1 saturated heterocycles. The van der Waals surface area contributed by atoms with E-state index in [1.54, 1.807) is 0 Å². The SMILES string of the molecule is CCCCCCCCCCOCCN1CCNCC1. The van der Waals surface area contributed by atoms with E-state index in [0.717, 1.165) is 32.8 Å². The Kier molecular flexibility index (Phi) is 11.5. The molecule has 0 bridgehead atoms. The molecule has 1 heterocycles. The number of hydrogen-bond acceptors (Lipinski definition) is 3. The van der Waals surface area contributed by atoms with E-state index in [1.807, 2.05) is 0 Å². The number of unbranched alkanes of at least 4 members (excludes halogenated alkanes) is 7. The number of nitrogens with one attached hydrogen (secondary N) is 1. The number of ether oxygens (including phenoxy) is 1. The van der Waals surface area contributed by atoms with E-state index in [0.29, 0.717) is 0 Å². The molecule has 1 N–H and O–H groups in total. The summed E-state index contributed by atoms with van der Waals surface area (Å²) in [5.74, 6) is 0. The van der Waals surface area contributed by atoms with Crippen LogP contribution in [0, 0.1) is 0 Å². The fraction of sp³-hybridized carbons (Fsp3) is 1.00. The third kappa shape index (κ3) is 10.3. The number of rotatable bonds is 12. The molecule has 1 rings (SSSR count). The quantitative estimate of drug-likeness (QED) is 0.552. The normalized spacial score (nSPS) is 16.9. The molecule has 1 fully saturated rings. The van der Waals surface area contributed by atoms with Gasteiger partial charge in [-0.05, 0) is 6.42 Å². The highest BCUT2D eigenvalue weighted by Gasteiger charge is 2.07.